The number of nitrogens with one attached hydrogen (secondary N) is 1. The summed E-state index contributed by atoms with van der Waals surface area (Å²) in [5, 5.41) is 2.74. The van der Waals surface area contributed by atoms with Gasteiger partial charge >= 0.3 is 0 Å². The molecular weight excluding hydrogens is 176 g/mol. The Morgan fingerprint density at radius 3 is 2.64 bits per heavy atom. The summed E-state index contributed by atoms with van der Waals surface area (Å²) in [5.41, 5.74) is 0.274. The van der Waals surface area contributed by atoms with Crippen LogP contribution in [0.15, 0.2) is 0 Å². The van der Waals surface area contributed by atoms with Crippen LogP contribution in [-0.2, 0) is 4.79 Å². The Hall–Kier alpha value is -0.570. The normalized spacial score (nSPS) is 23.9. The lowest BCUT2D eigenvalue weighted by Gasteiger charge is -2.30. The fraction of sp³-hybridized carbons (Fsp3) is 0.909. The van der Waals surface area contributed by atoms with Gasteiger partial charge in [-0.15, -0.1) is 0 Å². The first-order valence-electron chi connectivity index (χ1n) is 5.40. The van der Waals surface area contributed by atoms with Crippen molar-refractivity contribution in [1.29, 1.82) is 0 Å². The molecule has 0 aromatic carbocycles. The lowest BCUT2D eigenvalue weighted by Crippen LogP contribution is -2.44. The molecule has 1 N–H and O–H groups in total. The van der Waals surface area contributed by atoms with Gasteiger partial charge in [0.1, 0.15) is 0 Å². The van der Waals surface area contributed by atoms with Gasteiger partial charge in [-0.1, -0.05) is 20.8 Å². The van der Waals surface area contributed by atoms with Gasteiger partial charge in [-0.2, -0.15) is 0 Å². The monoisotopic (exact) mass is 198 g/mol. The molecule has 0 saturated carbocycles. The topological polar surface area (TPSA) is 32.3 Å². The Morgan fingerprint density at radius 2 is 2.14 bits per heavy atom. The molecule has 3 nitrogen and oxygen atoms in total. The minimum Gasteiger partial charge on any atom is -0.358 e. The van der Waals surface area contributed by atoms with Gasteiger partial charge < -0.3 is 5.32 Å². The van der Waals surface area contributed by atoms with Gasteiger partial charge in [0.15, 0.2) is 0 Å². The molecule has 0 aliphatic carbocycles. The van der Waals surface area contributed by atoms with Crippen molar-refractivity contribution in [3.63, 3.8) is 0 Å². The molecule has 3 heteroatoms. The summed E-state index contributed by atoms with van der Waals surface area (Å²) in [6.45, 7) is 8.71. The number of carbonyl (C=O) groups is 1. The Labute approximate surface area is 86.9 Å². The van der Waals surface area contributed by atoms with E-state index in [1.807, 2.05) is 0 Å². The number of hydrogen-bond donors (Lipinski definition) is 1. The Morgan fingerprint density at radius 1 is 1.50 bits per heavy atom. The first kappa shape index (κ1) is 11.5. The third-order valence-electron chi connectivity index (χ3n) is 2.59. The molecule has 1 saturated heterocycles. The van der Waals surface area contributed by atoms with Crippen LogP contribution in [0.25, 0.3) is 0 Å². The Bertz CT molecular complexity index is 208. The van der Waals surface area contributed by atoms with Crippen LogP contribution in [-0.4, -0.2) is 37.0 Å². The van der Waals surface area contributed by atoms with Crippen molar-refractivity contribution >= 4 is 5.91 Å². The van der Waals surface area contributed by atoms with Crippen molar-refractivity contribution < 1.29 is 4.79 Å². The largest absolute Gasteiger partial charge is 0.358 e. The fourth-order valence-electron chi connectivity index (χ4n) is 2.09. The molecule has 1 aliphatic heterocycles. The van der Waals surface area contributed by atoms with Gasteiger partial charge in [-0.3, -0.25) is 9.69 Å². The summed E-state index contributed by atoms with van der Waals surface area (Å²) >= 11 is 0. The van der Waals surface area contributed by atoms with Crippen molar-refractivity contribution in [1.82, 2.24) is 10.2 Å². The maximum atomic E-state index is 11.6. The lowest BCUT2D eigenvalue weighted by molar-refractivity contribution is -0.125. The van der Waals surface area contributed by atoms with Crippen molar-refractivity contribution in [2.45, 2.75) is 39.7 Å². The molecule has 1 atom stereocenters. The molecule has 0 bridgehead atoms. The summed E-state index contributed by atoms with van der Waals surface area (Å²) < 4.78 is 0. The SMILES string of the molecule is CNC(=O)[C@@H]1CCCN1CC(C)(C)C. The highest BCUT2D eigenvalue weighted by molar-refractivity contribution is 5.81. The second kappa shape index (κ2) is 4.30. The van der Waals surface area contributed by atoms with Crippen molar-refractivity contribution in [2.24, 2.45) is 5.41 Å². The maximum Gasteiger partial charge on any atom is 0.237 e. The third-order valence-corrected chi connectivity index (χ3v) is 2.59. The van der Waals surface area contributed by atoms with Crippen molar-refractivity contribution in [3.8, 4) is 0 Å². The predicted molar refractivity (Wildman–Crippen MR) is 58.1 cm³/mol. The van der Waals surface area contributed by atoms with E-state index < -0.39 is 0 Å². The van der Waals surface area contributed by atoms with E-state index in [4.69, 9.17) is 0 Å². The molecule has 1 rings (SSSR count). The minimum atomic E-state index is 0.110. The van der Waals surface area contributed by atoms with Crippen LogP contribution in [0.5, 0.6) is 0 Å². The quantitative estimate of drug-likeness (QED) is 0.724. The molecule has 0 spiro atoms. The van der Waals surface area contributed by atoms with Crippen LogP contribution >= 0.6 is 0 Å². The number of likely N-dealkylation sites (tertiary alicyclic amines) is 1. The molecule has 0 aromatic rings. The first-order chi connectivity index (χ1) is 6.44. The van der Waals surface area contributed by atoms with Crippen LogP contribution in [0.3, 0.4) is 0 Å². The summed E-state index contributed by atoms with van der Waals surface area (Å²) in [6.07, 6.45) is 2.16. The van der Waals surface area contributed by atoms with E-state index in [1.165, 1.54) is 0 Å². The van der Waals surface area contributed by atoms with Gasteiger partial charge in [0.2, 0.25) is 5.91 Å². The van der Waals surface area contributed by atoms with E-state index >= 15 is 0 Å². The molecule has 1 amide bonds. The zero-order chi connectivity index (χ0) is 10.8. The highest BCUT2D eigenvalue weighted by Gasteiger charge is 2.32. The smallest absolute Gasteiger partial charge is 0.237 e. The standard InChI is InChI=1S/C11H22N2O/c1-11(2,3)8-13-7-5-6-9(13)10(14)12-4/h9H,5-8H2,1-4H3,(H,12,14)/t9-/m0/s1. The van der Waals surface area contributed by atoms with Crippen LogP contribution in [0, 0.1) is 5.41 Å². The highest BCUT2D eigenvalue weighted by atomic mass is 16.2. The van der Waals surface area contributed by atoms with E-state index in [0.717, 1.165) is 25.9 Å². The third kappa shape index (κ3) is 2.98. The molecule has 1 heterocycles. The van der Waals surface area contributed by atoms with E-state index in [-0.39, 0.29) is 17.4 Å². The molecule has 14 heavy (non-hydrogen) atoms. The first-order valence-corrected chi connectivity index (χ1v) is 5.40. The number of nitrogens with zero attached hydrogens (tertiary/aromatic N) is 1. The summed E-state index contributed by atoms with van der Waals surface area (Å²) in [6, 6.07) is 0.110. The van der Waals surface area contributed by atoms with Crippen molar-refractivity contribution in [3.05, 3.63) is 0 Å². The van der Waals surface area contributed by atoms with Gasteiger partial charge in [-0.05, 0) is 24.8 Å². The van der Waals surface area contributed by atoms with Crippen LogP contribution < -0.4 is 5.32 Å². The molecule has 82 valence electrons. The summed E-state index contributed by atoms with van der Waals surface area (Å²) in [4.78, 5) is 13.9. The van der Waals surface area contributed by atoms with E-state index in [0.29, 0.717) is 0 Å². The molecule has 1 aliphatic rings. The number of hydrogen-bond acceptors (Lipinski definition) is 2. The van der Waals surface area contributed by atoms with Gasteiger partial charge in [0.05, 0.1) is 6.04 Å². The Balaban J connectivity index is 2.56. The zero-order valence-corrected chi connectivity index (χ0v) is 9.76. The Kier molecular flexibility index (Phi) is 3.53. The van der Waals surface area contributed by atoms with Gasteiger partial charge in [-0.25, -0.2) is 0 Å². The average molecular weight is 198 g/mol. The average Bonchev–Trinajstić information content (AvgIpc) is 2.48. The molecular formula is C11H22N2O. The number of likely N-dealkylation sites (N-methyl/N-ethyl adjacent to an activating group) is 1. The second-order valence-corrected chi connectivity index (χ2v) is 5.30. The number of rotatable bonds is 2. The maximum absolute atomic E-state index is 11.6. The molecule has 1 fully saturated rings. The predicted octanol–water partition coefficient (Wildman–Crippen LogP) is 1.24. The fourth-order valence-corrected chi connectivity index (χ4v) is 2.09. The van der Waals surface area contributed by atoms with Gasteiger partial charge in [0, 0.05) is 13.6 Å². The number of carbonyl (C=O) groups excluding carboxylic acids is 1. The highest BCUT2D eigenvalue weighted by Crippen LogP contribution is 2.23. The zero-order valence-electron chi connectivity index (χ0n) is 9.76. The van der Waals surface area contributed by atoms with Crippen LogP contribution in [0.4, 0.5) is 0 Å². The molecule has 0 unspecified atom stereocenters. The summed E-state index contributed by atoms with van der Waals surface area (Å²) in [7, 11) is 1.72. The minimum absolute atomic E-state index is 0.110. The van der Waals surface area contributed by atoms with E-state index in [1.54, 1.807) is 7.05 Å². The van der Waals surface area contributed by atoms with Gasteiger partial charge in [0.25, 0.3) is 0 Å². The molecule has 0 aromatic heterocycles. The summed E-state index contributed by atoms with van der Waals surface area (Å²) in [5.74, 6) is 0.173. The lowest BCUT2D eigenvalue weighted by atomic mass is 9.95. The molecule has 0 radical (unpaired) electrons. The van der Waals surface area contributed by atoms with E-state index in [2.05, 4.69) is 31.0 Å². The second-order valence-electron chi connectivity index (χ2n) is 5.30. The van der Waals surface area contributed by atoms with Crippen molar-refractivity contribution in [2.75, 3.05) is 20.1 Å². The van der Waals surface area contributed by atoms with E-state index in [9.17, 15) is 4.79 Å². The van der Waals surface area contributed by atoms with Crippen LogP contribution in [0.1, 0.15) is 33.6 Å². The number of amides is 1. The van der Waals surface area contributed by atoms with Crippen LogP contribution in [0.2, 0.25) is 0 Å².